The van der Waals surface area contributed by atoms with E-state index in [1.54, 1.807) is 0 Å². The summed E-state index contributed by atoms with van der Waals surface area (Å²) < 4.78 is 5.02. The third-order valence-electron chi connectivity index (χ3n) is 2.75. The summed E-state index contributed by atoms with van der Waals surface area (Å²) in [7, 11) is 1.46. The summed E-state index contributed by atoms with van der Waals surface area (Å²) in [5.41, 5.74) is 0.0995. The van der Waals surface area contributed by atoms with Gasteiger partial charge >= 0.3 is 0 Å². The van der Waals surface area contributed by atoms with Gasteiger partial charge in [-0.2, -0.15) is 0 Å². The van der Waals surface area contributed by atoms with Gasteiger partial charge in [-0.05, 0) is 6.07 Å². The minimum absolute atomic E-state index is 0.130. The molecule has 0 aromatic heterocycles. The van der Waals surface area contributed by atoms with Crippen LogP contribution in [0, 0.1) is 10.1 Å². The van der Waals surface area contributed by atoms with Crippen molar-refractivity contribution in [2.45, 2.75) is 11.8 Å². The number of methoxy groups -OCH3 is 1. The Hall–Kier alpha value is -1.82. The average molecular weight is 271 g/mol. The molecule has 2 rings (SSSR count). The van der Waals surface area contributed by atoms with Crippen LogP contribution in [0.1, 0.15) is 6.42 Å². The second-order valence-electron chi connectivity index (χ2n) is 3.92. The van der Waals surface area contributed by atoms with Gasteiger partial charge in [-0.25, -0.2) is 0 Å². The largest absolute Gasteiger partial charge is 0.497 e. The van der Waals surface area contributed by atoms with Crippen molar-refractivity contribution in [2.75, 3.05) is 18.6 Å². The molecule has 0 aliphatic carbocycles. The summed E-state index contributed by atoms with van der Waals surface area (Å²) in [4.78, 5) is 23.5. The highest BCUT2D eigenvalue weighted by molar-refractivity contribution is 6.24. The van der Waals surface area contributed by atoms with E-state index in [9.17, 15) is 14.9 Å². The van der Waals surface area contributed by atoms with E-state index in [1.165, 1.54) is 30.2 Å². The molecular formula is C11H11ClN2O4. The number of rotatable bonds is 3. The number of ether oxygens (including phenoxy) is 1. The Morgan fingerprint density at radius 1 is 1.56 bits per heavy atom. The van der Waals surface area contributed by atoms with Crippen LogP contribution in [0.5, 0.6) is 5.75 Å². The molecule has 96 valence electrons. The fourth-order valence-corrected chi connectivity index (χ4v) is 2.17. The van der Waals surface area contributed by atoms with Crippen molar-refractivity contribution in [3.05, 3.63) is 28.3 Å². The topological polar surface area (TPSA) is 72.7 Å². The van der Waals surface area contributed by atoms with Gasteiger partial charge in [0.15, 0.2) is 0 Å². The van der Waals surface area contributed by atoms with Gasteiger partial charge in [-0.1, -0.05) is 0 Å². The Labute approximate surface area is 108 Å². The number of carbonyl (C=O) groups excluding carboxylic acids is 1. The highest BCUT2D eigenvalue weighted by atomic mass is 35.5. The predicted molar refractivity (Wildman–Crippen MR) is 66.3 cm³/mol. The monoisotopic (exact) mass is 270 g/mol. The Balaban J connectivity index is 2.47. The van der Waals surface area contributed by atoms with Crippen LogP contribution in [-0.4, -0.2) is 29.9 Å². The highest BCUT2D eigenvalue weighted by Crippen LogP contribution is 2.35. The minimum Gasteiger partial charge on any atom is -0.497 e. The normalized spacial score (nSPS) is 19.1. The first kappa shape index (κ1) is 12.6. The van der Waals surface area contributed by atoms with Crippen LogP contribution in [0.2, 0.25) is 0 Å². The number of halogens is 1. The Morgan fingerprint density at radius 2 is 2.28 bits per heavy atom. The van der Waals surface area contributed by atoms with Crippen LogP contribution in [0.4, 0.5) is 11.4 Å². The number of nitrogens with zero attached hydrogens (tertiary/aromatic N) is 2. The molecule has 1 atom stereocenters. The van der Waals surface area contributed by atoms with Crippen LogP contribution in [-0.2, 0) is 4.79 Å². The van der Waals surface area contributed by atoms with Crippen molar-refractivity contribution in [1.29, 1.82) is 0 Å². The third-order valence-corrected chi connectivity index (χ3v) is 3.04. The first-order valence-electron chi connectivity index (χ1n) is 5.29. The van der Waals surface area contributed by atoms with Gasteiger partial charge in [-0.3, -0.25) is 14.9 Å². The molecule has 1 aliphatic heterocycles. The van der Waals surface area contributed by atoms with Gasteiger partial charge in [0.05, 0.1) is 17.4 Å². The van der Waals surface area contributed by atoms with Crippen molar-refractivity contribution >= 4 is 28.9 Å². The maximum absolute atomic E-state index is 11.7. The van der Waals surface area contributed by atoms with Gasteiger partial charge in [0.25, 0.3) is 5.69 Å². The lowest BCUT2D eigenvalue weighted by atomic mass is 10.2. The molecule has 6 nitrogen and oxygen atoms in total. The van der Waals surface area contributed by atoms with E-state index in [2.05, 4.69) is 0 Å². The number of hydrogen-bond donors (Lipinski definition) is 0. The molecule has 1 amide bonds. The van der Waals surface area contributed by atoms with E-state index in [1.807, 2.05) is 0 Å². The average Bonchev–Trinajstić information content (AvgIpc) is 2.67. The summed E-state index contributed by atoms with van der Waals surface area (Å²) in [6, 6.07) is 4.29. The first-order valence-corrected chi connectivity index (χ1v) is 5.73. The minimum atomic E-state index is -0.524. The van der Waals surface area contributed by atoms with Gasteiger partial charge in [-0.15, -0.1) is 11.6 Å². The van der Waals surface area contributed by atoms with Gasteiger partial charge in [0, 0.05) is 25.1 Å². The Kier molecular flexibility index (Phi) is 3.38. The van der Waals surface area contributed by atoms with E-state index in [-0.39, 0.29) is 35.6 Å². The molecule has 1 unspecified atom stereocenters. The molecule has 0 radical (unpaired) electrons. The molecule has 1 saturated heterocycles. The van der Waals surface area contributed by atoms with Crippen LogP contribution < -0.4 is 9.64 Å². The van der Waals surface area contributed by atoms with E-state index < -0.39 is 4.92 Å². The summed E-state index contributed by atoms with van der Waals surface area (Å²) in [6.45, 7) is 0.272. The summed E-state index contributed by atoms with van der Waals surface area (Å²) in [6.07, 6.45) is 0.190. The molecule has 0 bridgehead atoms. The number of nitro benzene ring substituents is 1. The molecule has 18 heavy (non-hydrogen) atoms. The molecule has 1 fully saturated rings. The molecule has 1 aromatic carbocycles. The van der Waals surface area contributed by atoms with Gasteiger partial charge in [0.2, 0.25) is 5.91 Å². The van der Waals surface area contributed by atoms with Crippen molar-refractivity contribution in [2.24, 2.45) is 0 Å². The van der Waals surface area contributed by atoms with E-state index in [0.717, 1.165) is 0 Å². The van der Waals surface area contributed by atoms with Crippen molar-refractivity contribution in [1.82, 2.24) is 0 Å². The van der Waals surface area contributed by atoms with E-state index >= 15 is 0 Å². The number of hydrogen-bond acceptors (Lipinski definition) is 4. The highest BCUT2D eigenvalue weighted by Gasteiger charge is 2.33. The molecule has 0 N–H and O–H groups in total. The third kappa shape index (κ3) is 2.24. The fraction of sp³-hybridized carbons (Fsp3) is 0.364. The van der Waals surface area contributed by atoms with Crippen molar-refractivity contribution in [3.8, 4) is 5.75 Å². The lowest BCUT2D eigenvalue weighted by molar-refractivity contribution is -0.384. The molecule has 1 aliphatic rings. The smallest absolute Gasteiger partial charge is 0.293 e. The molecular weight excluding hydrogens is 260 g/mol. The maximum atomic E-state index is 11.7. The van der Waals surface area contributed by atoms with Crippen LogP contribution >= 0.6 is 11.6 Å². The van der Waals surface area contributed by atoms with Crippen LogP contribution in [0.25, 0.3) is 0 Å². The van der Waals surface area contributed by atoms with Crippen molar-refractivity contribution in [3.63, 3.8) is 0 Å². The van der Waals surface area contributed by atoms with Crippen molar-refractivity contribution < 1.29 is 14.5 Å². The number of amides is 1. The molecule has 0 saturated carbocycles. The zero-order valence-electron chi connectivity index (χ0n) is 9.63. The second-order valence-corrected chi connectivity index (χ2v) is 4.53. The summed E-state index contributed by atoms with van der Waals surface area (Å²) in [5, 5.41) is 10.6. The lowest BCUT2D eigenvalue weighted by Gasteiger charge is -2.16. The lowest BCUT2D eigenvalue weighted by Crippen LogP contribution is -2.25. The number of benzene rings is 1. The van der Waals surface area contributed by atoms with E-state index in [4.69, 9.17) is 16.3 Å². The molecule has 7 heteroatoms. The Bertz CT molecular complexity index is 506. The first-order chi connectivity index (χ1) is 8.52. The van der Waals surface area contributed by atoms with Crippen LogP contribution in [0.15, 0.2) is 18.2 Å². The molecule has 1 heterocycles. The van der Waals surface area contributed by atoms with Gasteiger partial charge in [0.1, 0.15) is 11.4 Å². The number of carbonyl (C=O) groups is 1. The maximum Gasteiger partial charge on any atom is 0.293 e. The number of anilines is 1. The van der Waals surface area contributed by atoms with Gasteiger partial charge < -0.3 is 9.64 Å². The zero-order chi connectivity index (χ0) is 13.3. The standard InChI is InChI=1S/C11H11ClN2O4/c1-18-8-2-3-9(14(16)17)10(5-8)13-6-7(12)4-11(13)15/h2-3,5,7H,4,6H2,1H3. The fourth-order valence-electron chi connectivity index (χ4n) is 1.90. The quantitative estimate of drug-likeness (QED) is 0.478. The Morgan fingerprint density at radius 3 is 2.78 bits per heavy atom. The number of alkyl halides is 1. The zero-order valence-corrected chi connectivity index (χ0v) is 10.4. The SMILES string of the molecule is COc1ccc([N+](=O)[O-])c(N2CC(Cl)CC2=O)c1. The summed E-state index contributed by atoms with van der Waals surface area (Å²) >= 11 is 5.89. The van der Waals surface area contributed by atoms with E-state index in [0.29, 0.717) is 5.75 Å². The molecule has 1 aromatic rings. The van der Waals surface area contributed by atoms with Crippen LogP contribution in [0.3, 0.4) is 0 Å². The second kappa shape index (κ2) is 4.81. The predicted octanol–water partition coefficient (Wildman–Crippen LogP) is 1.95. The molecule has 0 spiro atoms. The number of nitro groups is 1. The summed E-state index contributed by atoms with van der Waals surface area (Å²) in [5.74, 6) is 0.243.